The Bertz CT molecular complexity index is 770. The fourth-order valence-electron chi connectivity index (χ4n) is 2.68. The van der Waals surface area contributed by atoms with Gasteiger partial charge in [0, 0.05) is 29.7 Å². The van der Waals surface area contributed by atoms with Crippen molar-refractivity contribution in [3.63, 3.8) is 0 Å². The first-order valence-electron chi connectivity index (χ1n) is 8.28. The third kappa shape index (κ3) is 4.05. The zero-order valence-electron chi connectivity index (χ0n) is 14.2. The van der Waals surface area contributed by atoms with Crippen molar-refractivity contribution in [3.8, 4) is 0 Å². The number of thiazole rings is 1. The molecule has 0 unspecified atom stereocenters. The van der Waals surface area contributed by atoms with Gasteiger partial charge in [0.1, 0.15) is 6.10 Å². The second-order valence-corrected chi connectivity index (χ2v) is 7.47. The van der Waals surface area contributed by atoms with E-state index >= 15 is 0 Å². The first kappa shape index (κ1) is 17.6. The molecule has 132 valence electrons. The third-order valence-electron chi connectivity index (χ3n) is 4.13. The Hall–Kier alpha value is -2.25. The van der Waals surface area contributed by atoms with E-state index in [1.807, 2.05) is 12.1 Å². The van der Waals surface area contributed by atoms with Crippen LogP contribution in [-0.2, 0) is 16.0 Å². The molecule has 7 heteroatoms. The predicted octanol–water partition coefficient (Wildman–Crippen LogP) is 2.55. The van der Waals surface area contributed by atoms with Gasteiger partial charge in [-0.05, 0) is 23.6 Å². The van der Waals surface area contributed by atoms with Crippen LogP contribution in [0.4, 0.5) is 10.8 Å². The molecule has 1 saturated heterocycles. The zero-order chi connectivity index (χ0) is 18.0. The topological polar surface area (TPSA) is 82.5 Å². The van der Waals surface area contributed by atoms with Crippen molar-refractivity contribution in [1.82, 2.24) is 4.98 Å². The van der Waals surface area contributed by atoms with Gasteiger partial charge < -0.3 is 15.3 Å². The molecule has 1 atom stereocenters. The molecule has 2 N–H and O–H groups in total. The van der Waals surface area contributed by atoms with Crippen LogP contribution in [0.25, 0.3) is 0 Å². The number of aromatic nitrogens is 1. The largest absolute Gasteiger partial charge is 0.383 e. The summed E-state index contributed by atoms with van der Waals surface area (Å²) >= 11 is 1.49. The Morgan fingerprint density at radius 1 is 1.40 bits per heavy atom. The van der Waals surface area contributed by atoms with E-state index < -0.39 is 6.10 Å². The van der Waals surface area contributed by atoms with Crippen molar-refractivity contribution in [1.29, 1.82) is 0 Å². The highest BCUT2D eigenvalue weighted by Gasteiger charge is 2.30. The Morgan fingerprint density at radius 3 is 2.68 bits per heavy atom. The number of carbonyl (C=O) groups excluding carboxylic acids is 2. The van der Waals surface area contributed by atoms with Crippen molar-refractivity contribution >= 4 is 34.0 Å². The smallest absolute Gasteiger partial charge is 0.255 e. The van der Waals surface area contributed by atoms with E-state index in [1.165, 1.54) is 11.3 Å². The molecule has 3 rings (SSSR count). The minimum absolute atomic E-state index is 0.120. The number of amides is 2. The monoisotopic (exact) mass is 359 g/mol. The van der Waals surface area contributed by atoms with Gasteiger partial charge in [0.05, 0.1) is 6.42 Å². The highest BCUT2D eigenvalue weighted by atomic mass is 32.1. The maximum atomic E-state index is 12.2. The average Bonchev–Trinajstić information content (AvgIpc) is 3.16. The van der Waals surface area contributed by atoms with Gasteiger partial charge in [0.25, 0.3) is 5.91 Å². The number of rotatable bonds is 5. The normalized spacial score (nSPS) is 17.4. The molecule has 2 heterocycles. The lowest BCUT2D eigenvalue weighted by Gasteiger charge is -2.16. The van der Waals surface area contributed by atoms with Gasteiger partial charge in [-0.2, -0.15) is 0 Å². The maximum absolute atomic E-state index is 12.2. The molecule has 1 aliphatic heterocycles. The van der Waals surface area contributed by atoms with Crippen LogP contribution in [0.5, 0.6) is 0 Å². The summed E-state index contributed by atoms with van der Waals surface area (Å²) in [6.07, 6.45) is 1.59. The molecule has 1 fully saturated rings. The van der Waals surface area contributed by atoms with Crippen LogP contribution < -0.4 is 10.2 Å². The van der Waals surface area contributed by atoms with E-state index in [4.69, 9.17) is 0 Å². The van der Waals surface area contributed by atoms with E-state index in [-0.39, 0.29) is 18.2 Å². The SMILES string of the molecule is CC(C)c1cnc(NC(=O)Cc2ccc(N3CC[C@@H](O)C3=O)cc2)s1. The Morgan fingerprint density at radius 2 is 2.12 bits per heavy atom. The molecule has 1 aromatic heterocycles. The van der Waals surface area contributed by atoms with Gasteiger partial charge >= 0.3 is 0 Å². The molecule has 0 bridgehead atoms. The van der Waals surface area contributed by atoms with Crippen molar-refractivity contribution in [2.75, 3.05) is 16.8 Å². The molecule has 6 nitrogen and oxygen atoms in total. The van der Waals surface area contributed by atoms with Crippen LogP contribution in [0.15, 0.2) is 30.5 Å². The van der Waals surface area contributed by atoms with Gasteiger partial charge in [-0.3, -0.25) is 9.59 Å². The average molecular weight is 359 g/mol. The zero-order valence-corrected chi connectivity index (χ0v) is 15.0. The summed E-state index contributed by atoms with van der Waals surface area (Å²) in [5.74, 6) is 0.00260. The molecular weight excluding hydrogens is 338 g/mol. The molecule has 2 aromatic rings. The summed E-state index contributed by atoms with van der Waals surface area (Å²) in [4.78, 5) is 30.9. The number of hydrogen-bond donors (Lipinski definition) is 2. The van der Waals surface area contributed by atoms with Crippen LogP contribution in [0.3, 0.4) is 0 Å². The number of aliphatic hydroxyl groups excluding tert-OH is 1. The number of aliphatic hydroxyl groups is 1. The standard InChI is InChI=1S/C18H21N3O3S/c1-11(2)15-10-19-18(25-15)20-16(23)9-12-3-5-13(6-4-12)21-8-7-14(22)17(21)24/h3-6,10-11,14,22H,7-9H2,1-2H3,(H,19,20,23)/t14-/m1/s1. The fourth-order valence-corrected chi connectivity index (χ4v) is 3.51. The van der Waals surface area contributed by atoms with Crippen LogP contribution >= 0.6 is 11.3 Å². The summed E-state index contributed by atoms with van der Waals surface area (Å²) in [5.41, 5.74) is 1.60. The molecule has 0 saturated carbocycles. The lowest BCUT2D eigenvalue weighted by atomic mass is 10.1. The van der Waals surface area contributed by atoms with E-state index in [9.17, 15) is 14.7 Å². The second-order valence-electron chi connectivity index (χ2n) is 6.41. The van der Waals surface area contributed by atoms with Gasteiger partial charge in [-0.1, -0.05) is 26.0 Å². The lowest BCUT2D eigenvalue weighted by Crippen LogP contribution is -2.29. The molecule has 2 amide bonds. The van der Waals surface area contributed by atoms with E-state index in [1.54, 1.807) is 23.2 Å². The molecule has 1 aliphatic rings. The van der Waals surface area contributed by atoms with Gasteiger partial charge in [-0.25, -0.2) is 4.98 Å². The lowest BCUT2D eigenvalue weighted by molar-refractivity contribution is -0.124. The van der Waals surface area contributed by atoms with Crippen LogP contribution in [0, 0.1) is 0 Å². The summed E-state index contributed by atoms with van der Waals surface area (Å²) in [6, 6.07) is 7.26. The molecule has 0 radical (unpaired) electrons. The molecule has 1 aromatic carbocycles. The summed E-state index contributed by atoms with van der Waals surface area (Å²) in [7, 11) is 0. The first-order chi connectivity index (χ1) is 11.9. The number of carbonyl (C=O) groups is 2. The van der Waals surface area contributed by atoms with Crippen molar-refractivity contribution in [2.24, 2.45) is 0 Å². The first-order valence-corrected chi connectivity index (χ1v) is 9.09. The summed E-state index contributed by atoms with van der Waals surface area (Å²) in [6.45, 7) is 4.69. The second kappa shape index (κ2) is 7.33. The minimum Gasteiger partial charge on any atom is -0.383 e. The number of benzene rings is 1. The van der Waals surface area contributed by atoms with Gasteiger partial charge in [-0.15, -0.1) is 11.3 Å². The van der Waals surface area contributed by atoms with Crippen molar-refractivity contribution < 1.29 is 14.7 Å². The molecule has 25 heavy (non-hydrogen) atoms. The maximum Gasteiger partial charge on any atom is 0.255 e. The van der Waals surface area contributed by atoms with Crippen LogP contribution in [0.1, 0.15) is 36.6 Å². The Labute approximate surface area is 150 Å². The quantitative estimate of drug-likeness (QED) is 0.859. The predicted molar refractivity (Wildman–Crippen MR) is 98.0 cm³/mol. The Balaban J connectivity index is 1.59. The van der Waals surface area contributed by atoms with Crippen LogP contribution in [-0.4, -0.2) is 34.6 Å². The summed E-state index contributed by atoms with van der Waals surface area (Å²) in [5, 5.41) is 13.0. The van der Waals surface area contributed by atoms with E-state index in [0.717, 1.165) is 16.1 Å². The fraction of sp³-hybridized carbons (Fsp3) is 0.389. The summed E-state index contributed by atoms with van der Waals surface area (Å²) < 4.78 is 0. The highest BCUT2D eigenvalue weighted by Crippen LogP contribution is 2.25. The highest BCUT2D eigenvalue weighted by molar-refractivity contribution is 7.15. The Kier molecular flexibility index (Phi) is 5.15. The van der Waals surface area contributed by atoms with E-state index in [0.29, 0.717) is 24.0 Å². The van der Waals surface area contributed by atoms with Crippen molar-refractivity contribution in [3.05, 3.63) is 40.9 Å². The molecule has 0 aliphatic carbocycles. The number of hydrogen-bond acceptors (Lipinski definition) is 5. The van der Waals surface area contributed by atoms with Crippen molar-refractivity contribution in [2.45, 2.75) is 38.7 Å². The molecular formula is C18H21N3O3S. The van der Waals surface area contributed by atoms with Crippen LogP contribution in [0.2, 0.25) is 0 Å². The third-order valence-corrected chi connectivity index (χ3v) is 5.34. The van der Waals surface area contributed by atoms with Gasteiger partial charge in [0.15, 0.2) is 5.13 Å². The number of anilines is 2. The van der Waals surface area contributed by atoms with Gasteiger partial charge in [0.2, 0.25) is 5.91 Å². The number of nitrogens with zero attached hydrogens (tertiary/aromatic N) is 2. The number of nitrogens with one attached hydrogen (secondary N) is 1. The van der Waals surface area contributed by atoms with E-state index in [2.05, 4.69) is 24.1 Å². The molecule has 0 spiro atoms. The minimum atomic E-state index is -0.903.